The number of nitrogens with one attached hydrogen (secondary N) is 2. The summed E-state index contributed by atoms with van der Waals surface area (Å²) in [5.74, 6) is 0.952. The van der Waals surface area contributed by atoms with Crippen molar-refractivity contribution < 1.29 is 0 Å². The Hall–Kier alpha value is -2.15. The van der Waals surface area contributed by atoms with Crippen LogP contribution in [0.4, 0.5) is 11.8 Å². The molecule has 0 aliphatic rings. The van der Waals surface area contributed by atoms with E-state index >= 15 is 0 Å². The zero-order chi connectivity index (χ0) is 13.2. The van der Waals surface area contributed by atoms with Crippen molar-refractivity contribution in [2.45, 2.75) is 19.9 Å². The van der Waals surface area contributed by atoms with Gasteiger partial charge in [0.05, 0.1) is 18.1 Å². The summed E-state index contributed by atoms with van der Waals surface area (Å²) in [5, 5.41) is 13.0. The Bertz CT molecular complexity index is 701. The van der Waals surface area contributed by atoms with Crippen LogP contribution in [0.25, 0.3) is 11.0 Å². The van der Waals surface area contributed by atoms with Crippen molar-refractivity contribution >= 4 is 34.1 Å². The molecule has 0 atom stereocenters. The first-order valence-electron chi connectivity index (χ1n) is 6.03. The van der Waals surface area contributed by atoms with Crippen LogP contribution in [0.15, 0.2) is 17.6 Å². The second-order valence-corrected chi connectivity index (χ2v) is 5.14. The summed E-state index contributed by atoms with van der Waals surface area (Å²) in [4.78, 5) is 9.63. The Morgan fingerprint density at radius 1 is 1.42 bits per heavy atom. The van der Waals surface area contributed by atoms with Crippen LogP contribution in [0.1, 0.15) is 17.4 Å². The molecule has 0 fully saturated rings. The lowest BCUT2D eigenvalue weighted by Crippen LogP contribution is -2.05. The predicted octanol–water partition coefficient (Wildman–Crippen LogP) is 2.17. The van der Waals surface area contributed by atoms with Gasteiger partial charge >= 0.3 is 0 Å². The van der Waals surface area contributed by atoms with Gasteiger partial charge in [-0.15, -0.1) is 11.3 Å². The fraction of sp³-hybridized carbons (Fsp3) is 0.250. The molecule has 3 aromatic heterocycles. The molecule has 4 N–H and O–H groups in total. The lowest BCUT2D eigenvalue weighted by Gasteiger charge is -2.07. The number of aryl methyl sites for hydroxylation is 1. The lowest BCUT2D eigenvalue weighted by atomic mass is 10.2. The summed E-state index contributed by atoms with van der Waals surface area (Å²) >= 11 is 1.74. The number of anilines is 2. The zero-order valence-corrected chi connectivity index (χ0v) is 11.3. The maximum atomic E-state index is 5.68. The fourth-order valence-corrected chi connectivity index (χ4v) is 2.90. The molecule has 7 heteroatoms. The number of hydrogen-bond donors (Lipinski definition) is 3. The number of rotatable bonds is 4. The summed E-state index contributed by atoms with van der Waals surface area (Å²) in [6, 6.07) is 2.16. The first-order valence-corrected chi connectivity index (χ1v) is 6.91. The van der Waals surface area contributed by atoms with Crippen molar-refractivity contribution in [3.05, 3.63) is 28.1 Å². The van der Waals surface area contributed by atoms with E-state index in [0.29, 0.717) is 11.5 Å². The van der Waals surface area contributed by atoms with Crippen molar-refractivity contribution in [3.63, 3.8) is 0 Å². The smallest absolute Gasteiger partial charge is 0.224 e. The second kappa shape index (κ2) is 4.85. The topological polar surface area (TPSA) is 92.5 Å². The molecule has 0 aliphatic heterocycles. The number of fused-ring (bicyclic) bond motifs is 1. The zero-order valence-electron chi connectivity index (χ0n) is 10.5. The second-order valence-electron chi connectivity index (χ2n) is 4.14. The van der Waals surface area contributed by atoms with Gasteiger partial charge in [-0.25, -0.2) is 0 Å². The molecule has 6 nitrogen and oxygen atoms in total. The van der Waals surface area contributed by atoms with E-state index in [4.69, 9.17) is 5.73 Å². The van der Waals surface area contributed by atoms with Gasteiger partial charge < -0.3 is 11.1 Å². The number of H-pyrrole nitrogens is 1. The molecule has 0 saturated carbocycles. The summed E-state index contributed by atoms with van der Waals surface area (Å²) in [6.07, 6.45) is 2.74. The highest BCUT2D eigenvalue weighted by Crippen LogP contribution is 2.22. The largest absolute Gasteiger partial charge is 0.368 e. The summed E-state index contributed by atoms with van der Waals surface area (Å²) in [6.45, 7) is 2.89. The quantitative estimate of drug-likeness (QED) is 0.678. The van der Waals surface area contributed by atoms with E-state index in [1.807, 2.05) is 0 Å². The monoisotopic (exact) mass is 274 g/mol. The fourth-order valence-electron chi connectivity index (χ4n) is 1.99. The molecule has 0 unspecified atom stereocenters. The molecule has 3 rings (SSSR count). The highest BCUT2D eigenvalue weighted by Gasteiger charge is 2.09. The van der Waals surface area contributed by atoms with Crippen LogP contribution in [-0.2, 0) is 13.0 Å². The molecular formula is C12H14N6S. The standard InChI is InChI=1S/C12H14N6S/c1-2-7-3-4-19-9(7)6-14-10-8-5-15-18-11(8)17-12(13)16-10/h3-5H,2,6H2,1H3,(H4,13,14,15,16,17,18). The van der Waals surface area contributed by atoms with Crippen molar-refractivity contribution in [3.8, 4) is 0 Å². The summed E-state index contributed by atoms with van der Waals surface area (Å²) in [5.41, 5.74) is 7.70. The normalized spacial score (nSPS) is 11.0. The third-order valence-electron chi connectivity index (χ3n) is 2.96. The van der Waals surface area contributed by atoms with Gasteiger partial charge in [0.15, 0.2) is 5.65 Å². The van der Waals surface area contributed by atoms with Crippen LogP contribution in [0.3, 0.4) is 0 Å². The van der Waals surface area contributed by atoms with Crippen molar-refractivity contribution in [2.24, 2.45) is 0 Å². The number of nitrogens with zero attached hydrogens (tertiary/aromatic N) is 3. The van der Waals surface area contributed by atoms with E-state index in [2.05, 4.69) is 43.9 Å². The van der Waals surface area contributed by atoms with Crippen LogP contribution >= 0.6 is 11.3 Å². The van der Waals surface area contributed by atoms with E-state index in [1.54, 1.807) is 17.5 Å². The van der Waals surface area contributed by atoms with Crippen molar-refractivity contribution in [1.29, 1.82) is 0 Å². The van der Waals surface area contributed by atoms with Crippen LogP contribution in [0.5, 0.6) is 0 Å². The first-order chi connectivity index (χ1) is 9.28. The molecule has 0 aliphatic carbocycles. The molecule has 0 spiro atoms. The molecule has 0 saturated heterocycles. The number of aromatic nitrogens is 4. The van der Waals surface area contributed by atoms with Crippen LogP contribution < -0.4 is 11.1 Å². The molecule has 0 radical (unpaired) electrons. The molecule has 0 aromatic carbocycles. The van der Waals surface area contributed by atoms with Gasteiger partial charge in [0, 0.05) is 4.88 Å². The highest BCUT2D eigenvalue weighted by atomic mass is 32.1. The van der Waals surface area contributed by atoms with Crippen molar-refractivity contribution in [2.75, 3.05) is 11.1 Å². The Morgan fingerprint density at radius 3 is 3.16 bits per heavy atom. The minimum absolute atomic E-state index is 0.237. The average molecular weight is 274 g/mol. The molecule has 19 heavy (non-hydrogen) atoms. The maximum Gasteiger partial charge on any atom is 0.224 e. The van der Waals surface area contributed by atoms with E-state index in [1.165, 1.54) is 10.4 Å². The molecular weight excluding hydrogens is 260 g/mol. The Morgan fingerprint density at radius 2 is 2.32 bits per heavy atom. The minimum atomic E-state index is 0.237. The highest BCUT2D eigenvalue weighted by molar-refractivity contribution is 7.10. The van der Waals surface area contributed by atoms with Gasteiger partial charge in [-0.3, -0.25) is 5.10 Å². The molecule has 98 valence electrons. The lowest BCUT2D eigenvalue weighted by molar-refractivity contribution is 1.06. The molecule has 3 heterocycles. The third-order valence-corrected chi connectivity index (χ3v) is 3.93. The predicted molar refractivity (Wildman–Crippen MR) is 77.1 cm³/mol. The summed E-state index contributed by atoms with van der Waals surface area (Å²) < 4.78 is 0. The van der Waals surface area contributed by atoms with Gasteiger partial charge in [-0.05, 0) is 23.4 Å². The van der Waals surface area contributed by atoms with Gasteiger partial charge in [0.1, 0.15) is 5.82 Å². The van der Waals surface area contributed by atoms with E-state index < -0.39 is 0 Å². The van der Waals surface area contributed by atoms with Gasteiger partial charge in [0.2, 0.25) is 5.95 Å². The molecule has 0 bridgehead atoms. The number of nitrogens with two attached hydrogens (primary N) is 1. The van der Waals surface area contributed by atoms with Gasteiger partial charge in [-0.2, -0.15) is 15.1 Å². The van der Waals surface area contributed by atoms with E-state index in [0.717, 1.165) is 18.4 Å². The summed E-state index contributed by atoms with van der Waals surface area (Å²) in [7, 11) is 0. The van der Waals surface area contributed by atoms with Crippen LogP contribution in [0, 0.1) is 0 Å². The molecule has 0 amide bonds. The third kappa shape index (κ3) is 2.24. The van der Waals surface area contributed by atoms with E-state index in [-0.39, 0.29) is 5.95 Å². The van der Waals surface area contributed by atoms with Crippen molar-refractivity contribution in [1.82, 2.24) is 20.2 Å². The number of nitrogen functional groups attached to an aromatic ring is 1. The number of aromatic amines is 1. The first kappa shape index (κ1) is 11.9. The van der Waals surface area contributed by atoms with Gasteiger partial charge in [-0.1, -0.05) is 6.92 Å². The number of hydrogen-bond acceptors (Lipinski definition) is 6. The van der Waals surface area contributed by atoms with Crippen LogP contribution in [-0.4, -0.2) is 20.2 Å². The molecule has 3 aromatic rings. The SMILES string of the molecule is CCc1ccsc1CNc1nc(N)nc2[nH]ncc12. The number of thiophene rings is 1. The van der Waals surface area contributed by atoms with E-state index in [9.17, 15) is 0 Å². The maximum absolute atomic E-state index is 5.68. The minimum Gasteiger partial charge on any atom is -0.368 e. The average Bonchev–Trinajstić information content (AvgIpc) is 3.03. The Balaban J connectivity index is 1.87. The Kier molecular flexibility index (Phi) is 3.04. The van der Waals surface area contributed by atoms with Crippen LogP contribution in [0.2, 0.25) is 0 Å². The van der Waals surface area contributed by atoms with Gasteiger partial charge in [0.25, 0.3) is 0 Å². The Labute approximate surface area is 114 Å².